The lowest BCUT2D eigenvalue weighted by molar-refractivity contribution is -0.123. The van der Waals surface area contributed by atoms with Gasteiger partial charge in [0.25, 0.3) is 0 Å². The number of amides is 1. The molecule has 3 rings (SSSR count). The molecule has 2 fully saturated rings. The number of hydrogen-bond donors (Lipinski definition) is 2. The van der Waals surface area contributed by atoms with E-state index < -0.39 is 10.0 Å². The molecule has 1 aromatic rings. The molecular weight excluding hydrogens is 424 g/mol. The summed E-state index contributed by atoms with van der Waals surface area (Å²) in [6, 6.07) is 3.98. The molecule has 0 bridgehead atoms. The highest BCUT2D eigenvalue weighted by molar-refractivity contribution is 7.89. The van der Waals surface area contributed by atoms with Gasteiger partial charge in [-0.2, -0.15) is 4.31 Å². The monoisotopic (exact) mass is 464 g/mol. The standard InChI is InChI=1S/C24H40N4O3S/c1-17-12-18(2)22(19(3)13-17)32(30,31)28-10-8-27(9-11-28)16-21(29)25-20-14-23(4,5)26-24(6,7)15-20/h12-13,20,26H,8-11,14-16H2,1-7H3,(H,25,29). The van der Waals surface area contributed by atoms with Crippen LogP contribution in [-0.2, 0) is 14.8 Å². The van der Waals surface area contributed by atoms with Gasteiger partial charge in [0.05, 0.1) is 11.4 Å². The van der Waals surface area contributed by atoms with Gasteiger partial charge in [-0.15, -0.1) is 0 Å². The van der Waals surface area contributed by atoms with Crippen molar-refractivity contribution in [1.82, 2.24) is 19.8 Å². The number of nitrogens with zero attached hydrogens (tertiary/aromatic N) is 2. The minimum absolute atomic E-state index is 0.0185. The van der Waals surface area contributed by atoms with Gasteiger partial charge in [0.15, 0.2) is 0 Å². The summed E-state index contributed by atoms with van der Waals surface area (Å²) in [5.74, 6) is 0.0185. The number of benzene rings is 1. The van der Waals surface area contributed by atoms with Gasteiger partial charge in [-0.05, 0) is 72.4 Å². The van der Waals surface area contributed by atoms with Crippen molar-refractivity contribution < 1.29 is 13.2 Å². The highest BCUT2D eigenvalue weighted by Crippen LogP contribution is 2.29. The second kappa shape index (κ2) is 9.05. The van der Waals surface area contributed by atoms with E-state index in [1.807, 2.05) is 37.8 Å². The summed E-state index contributed by atoms with van der Waals surface area (Å²) < 4.78 is 28.1. The van der Waals surface area contributed by atoms with Crippen LogP contribution < -0.4 is 10.6 Å². The summed E-state index contributed by atoms with van der Waals surface area (Å²) in [7, 11) is -3.54. The van der Waals surface area contributed by atoms with E-state index in [1.165, 1.54) is 0 Å². The number of carbonyl (C=O) groups excluding carboxylic acids is 1. The Labute approximate surface area is 194 Å². The van der Waals surface area contributed by atoms with Crippen molar-refractivity contribution in [3.63, 3.8) is 0 Å². The van der Waals surface area contributed by atoms with E-state index >= 15 is 0 Å². The fourth-order valence-corrected chi connectivity index (χ4v) is 7.57. The van der Waals surface area contributed by atoms with Crippen molar-refractivity contribution in [2.24, 2.45) is 0 Å². The molecule has 180 valence electrons. The number of carbonyl (C=O) groups is 1. The number of piperazine rings is 1. The fraction of sp³-hybridized carbons (Fsp3) is 0.708. The van der Waals surface area contributed by atoms with Gasteiger partial charge in [0, 0.05) is 43.3 Å². The maximum Gasteiger partial charge on any atom is 0.243 e. The Kier molecular flexibility index (Phi) is 7.11. The third kappa shape index (κ3) is 5.90. The molecule has 2 saturated heterocycles. The topological polar surface area (TPSA) is 81.8 Å². The zero-order valence-corrected chi connectivity index (χ0v) is 21.5. The SMILES string of the molecule is Cc1cc(C)c(S(=O)(=O)N2CCN(CC(=O)NC3CC(C)(C)NC(C)(C)C3)CC2)c(C)c1. The Morgan fingerprint density at radius 2 is 1.50 bits per heavy atom. The Morgan fingerprint density at radius 3 is 2.00 bits per heavy atom. The highest BCUT2D eigenvalue weighted by atomic mass is 32.2. The zero-order valence-electron chi connectivity index (χ0n) is 20.7. The van der Waals surface area contributed by atoms with Crippen LogP contribution in [0.1, 0.15) is 57.2 Å². The van der Waals surface area contributed by atoms with Gasteiger partial charge in [0.2, 0.25) is 15.9 Å². The van der Waals surface area contributed by atoms with Crippen molar-refractivity contribution >= 4 is 15.9 Å². The lowest BCUT2D eigenvalue weighted by Crippen LogP contribution is -2.62. The first kappa shape index (κ1) is 25.1. The average molecular weight is 465 g/mol. The van der Waals surface area contributed by atoms with Crippen LogP contribution in [0, 0.1) is 20.8 Å². The van der Waals surface area contributed by atoms with E-state index in [2.05, 4.69) is 38.3 Å². The summed E-state index contributed by atoms with van der Waals surface area (Å²) in [6.07, 6.45) is 1.78. The predicted molar refractivity (Wildman–Crippen MR) is 128 cm³/mol. The summed E-state index contributed by atoms with van der Waals surface area (Å²) in [4.78, 5) is 15.2. The second-order valence-corrected chi connectivity index (χ2v) is 12.8. The van der Waals surface area contributed by atoms with Gasteiger partial charge < -0.3 is 10.6 Å². The number of piperidine rings is 1. The maximum absolute atomic E-state index is 13.3. The molecule has 1 aromatic carbocycles. The fourth-order valence-electron chi connectivity index (χ4n) is 5.73. The van der Waals surface area contributed by atoms with E-state index in [0.717, 1.165) is 29.5 Å². The van der Waals surface area contributed by atoms with Crippen molar-refractivity contribution in [3.8, 4) is 0 Å². The molecule has 0 atom stereocenters. The van der Waals surface area contributed by atoms with Crippen LogP contribution in [0.15, 0.2) is 17.0 Å². The van der Waals surface area contributed by atoms with Crippen LogP contribution in [0.4, 0.5) is 0 Å². The van der Waals surface area contributed by atoms with Gasteiger partial charge in [-0.25, -0.2) is 8.42 Å². The first-order chi connectivity index (χ1) is 14.7. The molecule has 0 unspecified atom stereocenters. The van der Waals surface area contributed by atoms with Crippen LogP contribution in [0.3, 0.4) is 0 Å². The van der Waals surface area contributed by atoms with Crippen molar-refractivity contribution in [2.75, 3.05) is 32.7 Å². The van der Waals surface area contributed by atoms with E-state index in [0.29, 0.717) is 37.6 Å². The molecule has 0 aromatic heterocycles. The maximum atomic E-state index is 13.3. The minimum atomic E-state index is -3.54. The molecular formula is C24H40N4O3S. The normalized spacial score (nSPS) is 22.6. The number of aryl methyl sites for hydroxylation is 3. The van der Waals surface area contributed by atoms with Gasteiger partial charge in [-0.3, -0.25) is 9.69 Å². The van der Waals surface area contributed by atoms with E-state index in [-0.39, 0.29) is 23.0 Å². The van der Waals surface area contributed by atoms with Crippen LogP contribution in [0.5, 0.6) is 0 Å². The Hall–Kier alpha value is -1.48. The number of rotatable bonds is 5. The molecule has 0 radical (unpaired) electrons. The van der Waals surface area contributed by atoms with E-state index in [9.17, 15) is 13.2 Å². The first-order valence-corrected chi connectivity index (χ1v) is 13.0. The quantitative estimate of drug-likeness (QED) is 0.699. The van der Waals surface area contributed by atoms with Crippen molar-refractivity contribution in [2.45, 2.75) is 83.3 Å². The smallest absolute Gasteiger partial charge is 0.243 e. The summed E-state index contributed by atoms with van der Waals surface area (Å²) in [6.45, 7) is 16.6. The van der Waals surface area contributed by atoms with E-state index in [4.69, 9.17) is 0 Å². The number of hydrogen-bond acceptors (Lipinski definition) is 5. The van der Waals surface area contributed by atoms with Gasteiger partial charge in [-0.1, -0.05) is 17.7 Å². The molecule has 8 heteroatoms. The van der Waals surface area contributed by atoms with Crippen molar-refractivity contribution in [3.05, 3.63) is 28.8 Å². The lowest BCUT2D eigenvalue weighted by Gasteiger charge is -2.46. The molecule has 32 heavy (non-hydrogen) atoms. The minimum Gasteiger partial charge on any atom is -0.352 e. The second-order valence-electron chi connectivity index (χ2n) is 11.0. The molecule has 2 N–H and O–H groups in total. The largest absolute Gasteiger partial charge is 0.352 e. The third-order valence-electron chi connectivity index (χ3n) is 6.46. The molecule has 0 aliphatic carbocycles. The Morgan fingerprint density at radius 1 is 1.00 bits per heavy atom. The first-order valence-electron chi connectivity index (χ1n) is 11.6. The molecule has 2 heterocycles. The van der Waals surface area contributed by atoms with E-state index in [1.54, 1.807) is 4.31 Å². The molecule has 2 aliphatic rings. The predicted octanol–water partition coefficient (Wildman–Crippen LogP) is 2.34. The third-order valence-corrected chi connectivity index (χ3v) is 8.66. The average Bonchev–Trinajstić information content (AvgIpc) is 2.57. The van der Waals surface area contributed by atoms with Crippen LogP contribution >= 0.6 is 0 Å². The molecule has 0 saturated carbocycles. The van der Waals surface area contributed by atoms with Gasteiger partial charge in [0.1, 0.15) is 0 Å². The summed E-state index contributed by atoms with van der Waals surface area (Å²) >= 11 is 0. The molecule has 1 amide bonds. The van der Waals surface area contributed by atoms with Crippen LogP contribution in [-0.4, -0.2) is 73.4 Å². The van der Waals surface area contributed by atoms with Crippen LogP contribution in [0.25, 0.3) is 0 Å². The van der Waals surface area contributed by atoms with Crippen LogP contribution in [0.2, 0.25) is 0 Å². The summed E-state index contributed by atoms with van der Waals surface area (Å²) in [5.41, 5.74) is 2.60. The molecule has 0 spiro atoms. The summed E-state index contributed by atoms with van der Waals surface area (Å²) in [5, 5.41) is 6.85. The number of sulfonamides is 1. The lowest BCUT2D eigenvalue weighted by atomic mass is 9.79. The number of nitrogens with one attached hydrogen (secondary N) is 2. The van der Waals surface area contributed by atoms with Crippen molar-refractivity contribution in [1.29, 1.82) is 0 Å². The Bertz CT molecular complexity index is 924. The highest BCUT2D eigenvalue weighted by Gasteiger charge is 2.38. The molecule has 7 nitrogen and oxygen atoms in total. The van der Waals surface area contributed by atoms with Gasteiger partial charge >= 0.3 is 0 Å². The Balaban J connectivity index is 1.56. The molecule has 2 aliphatic heterocycles. The zero-order chi connectivity index (χ0) is 23.9.